The van der Waals surface area contributed by atoms with Crippen LogP contribution in [0.2, 0.25) is 0 Å². The zero-order valence-electron chi connectivity index (χ0n) is 5.41. The zero-order chi connectivity index (χ0) is 0. The van der Waals surface area contributed by atoms with E-state index < -0.39 is 0 Å². The second-order valence-electron chi connectivity index (χ2n) is 0. The van der Waals surface area contributed by atoms with Gasteiger partial charge in [-0.05, 0) is 0 Å². The molecule has 0 unspecified atom stereocenters. The first-order chi connectivity index (χ1) is 0. The normalized spacial score (nSPS) is 0. The molecule has 0 aromatic heterocycles. The molecule has 0 spiro atoms. The molecule has 0 radical (unpaired) electrons. The van der Waals surface area contributed by atoms with Crippen LogP contribution in [0.15, 0.2) is 0 Å². The van der Waals surface area contributed by atoms with Gasteiger partial charge in [0.2, 0.25) is 0 Å². The van der Waals surface area contributed by atoms with Crippen LogP contribution in [0.25, 0.3) is 0 Å². The van der Waals surface area contributed by atoms with E-state index in [1.54, 1.807) is 0 Å². The SMILES string of the molecule is [AlH3].[AlH3].[Ca+2].[H-].[H-].[H-].[H-].[Mg+2]. The van der Waals surface area contributed by atoms with Crippen LogP contribution in [0.5, 0.6) is 0 Å². The van der Waals surface area contributed by atoms with E-state index in [2.05, 4.69) is 0 Å². The van der Waals surface area contributed by atoms with Crippen LogP contribution < -0.4 is 0 Å². The summed E-state index contributed by atoms with van der Waals surface area (Å²) >= 11 is 0. The molecule has 0 heterocycles. The Morgan fingerprint density at radius 3 is 1.00 bits per heavy atom. The summed E-state index contributed by atoms with van der Waals surface area (Å²) in [7, 11) is 0. The Bertz CT molecular complexity index is 14.0. The predicted molar refractivity (Wildman–Crippen MR) is 35.8 cm³/mol. The zero-order valence-corrected chi connectivity index (χ0v) is 5.04. The molecule has 0 aliphatic rings. The van der Waals surface area contributed by atoms with Gasteiger partial charge >= 0.3 is 60.8 Å². The fourth-order valence-electron chi connectivity index (χ4n) is 0. The Morgan fingerprint density at radius 1 is 1.00 bits per heavy atom. The molecule has 0 aromatic carbocycles. The van der Waals surface area contributed by atoms with E-state index >= 15 is 0 Å². The molecule has 20 valence electrons. The number of rotatable bonds is 0. The second kappa shape index (κ2) is 16.5. The summed E-state index contributed by atoms with van der Waals surface area (Å²) < 4.78 is 0. The molecule has 4 heteroatoms. The van der Waals surface area contributed by atoms with Crippen molar-refractivity contribution in [2.24, 2.45) is 0 Å². The van der Waals surface area contributed by atoms with Gasteiger partial charge in [0.05, 0.1) is 0 Å². The Labute approximate surface area is 99.4 Å². The van der Waals surface area contributed by atoms with Crippen molar-refractivity contribution in [2.75, 3.05) is 0 Å². The van der Waals surface area contributed by atoms with Crippen LogP contribution in [0.1, 0.15) is 5.71 Å². The summed E-state index contributed by atoms with van der Waals surface area (Å²) in [6.07, 6.45) is 0. The summed E-state index contributed by atoms with van der Waals surface area (Å²) in [5.41, 5.74) is 0. The molecule has 0 aromatic rings. The molecule has 0 amide bonds. The van der Waals surface area contributed by atoms with Crippen molar-refractivity contribution in [3.63, 3.8) is 0 Å². The molecule has 0 atom stereocenters. The third-order valence-electron chi connectivity index (χ3n) is 0. The van der Waals surface area contributed by atoms with E-state index in [4.69, 9.17) is 0 Å². The van der Waals surface area contributed by atoms with Crippen LogP contribution in [-0.2, 0) is 0 Å². The van der Waals surface area contributed by atoms with Crippen molar-refractivity contribution in [1.29, 1.82) is 0 Å². The standard InChI is InChI=1S/2Al.Ca.Mg.10H/q;;2*+2;;;;;;;4*-1. The van der Waals surface area contributed by atoms with Gasteiger partial charge < -0.3 is 5.71 Å². The van der Waals surface area contributed by atoms with Crippen molar-refractivity contribution in [2.45, 2.75) is 0 Å². The van der Waals surface area contributed by atoms with E-state index in [0.717, 1.165) is 0 Å². The molecule has 0 saturated carbocycles. The van der Waals surface area contributed by atoms with E-state index in [-0.39, 0.29) is 101 Å². The van der Waals surface area contributed by atoms with Crippen molar-refractivity contribution in [1.82, 2.24) is 0 Å². The maximum atomic E-state index is 0. The first-order valence-electron chi connectivity index (χ1n) is 0. The average molecular weight is 128 g/mol. The third-order valence-corrected chi connectivity index (χ3v) is 0. The van der Waals surface area contributed by atoms with Gasteiger partial charge in [-0.3, -0.25) is 0 Å². The molecule has 0 nitrogen and oxygen atoms in total. The molecular weight excluding hydrogens is 118 g/mol. The van der Waals surface area contributed by atoms with Crippen LogP contribution in [0.4, 0.5) is 0 Å². The topological polar surface area (TPSA) is 0 Å². The maximum absolute atomic E-state index is 0. The van der Waals surface area contributed by atoms with Crippen LogP contribution in [0.3, 0.4) is 0 Å². The van der Waals surface area contributed by atoms with E-state index in [1.165, 1.54) is 0 Å². The average Bonchev–Trinajstić information content (AvgIpc) is 0. The molecular formula is H10Al2CaMg. The van der Waals surface area contributed by atoms with Gasteiger partial charge in [0.15, 0.2) is 34.7 Å². The van der Waals surface area contributed by atoms with Crippen molar-refractivity contribution in [3.8, 4) is 0 Å². The molecule has 0 N–H and O–H groups in total. The largest absolute Gasteiger partial charge is 2.00 e. The van der Waals surface area contributed by atoms with Gasteiger partial charge in [-0.15, -0.1) is 0 Å². The monoisotopic (exact) mass is 128 g/mol. The minimum absolute atomic E-state index is 0. The van der Waals surface area contributed by atoms with E-state index in [9.17, 15) is 0 Å². The molecule has 4 heavy (non-hydrogen) atoms. The van der Waals surface area contributed by atoms with Crippen LogP contribution >= 0.6 is 0 Å². The minimum atomic E-state index is 0. The number of hydrogen-bond acceptors (Lipinski definition) is 0. The van der Waals surface area contributed by atoms with Gasteiger partial charge in [0.25, 0.3) is 0 Å². The molecule has 0 aliphatic heterocycles. The summed E-state index contributed by atoms with van der Waals surface area (Å²) in [6.45, 7) is 0. The summed E-state index contributed by atoms with van der Waals surface area (Å²) in [5, 5.41) is 0. The third kappa shape index (κ3) is 8.92. The smallest absolute Gasteiger partial charge is 1.00 e. The maximum Gasteiger partial charge on any atom is 2.00 e. The van der Waals surface area contributed by atoms with Gasteiger partial charge in [-0.25, -0.2) is 0 Å². The number of hydrogen-bond donors (Lipinski definition) is 0. The summed E-state index contributed by atoms with van der Waals surface area (Å²) in [4.78, 5) is 0. The first-order valence-corrected chi connectivity index (χ1v) is 0. The van der Waals surface area contributed by atoms with Crippen molar-refractivity contribution >= 4 is 95.5 Å². The quantitative estimate of drug-likeness (QED) is 0.312. The summed E-state index contributed by atoms with van der Waals surface area (Å²) in [5.74, 6) is 0. The fourth-order valence-corrected chi connectivity index (χ4v) is 0. The molecule has 0 saturated heterocycles. The Kier molecular flexibility index (Phi) is 114. The van der Waals surface area contributed by atoms with E-state index in [1.807, 2.05) is 0 Å². The van der Waals surface area contributed by atoms with Gasteiger partial charge in [0.1, 0.15) is 0 Å². The second-order valence-corrected chi connectivity index (χ2v) is 0. The van der Waals surface area contributed by atoms with Crippen LogP contribution in [0, 0.1) is 0 Å². The molecule has 0 aliphatic carbocycles. The van der Waals surface area contributed by atoms with Gasteiger partial charge in [-0.1, -0.05) is 0 Å². The van der Waals surface area contributed by atoms with Crippen LogP contribution in [-0.4, -0.2) is 95.5 Å². The first kappa shape index (κ1) is 27.5. The Hall–Kier alpha value is 3.09. The fraction of sp³-hybridized carbons (Fsp3) is 0. The molecule has 0 rings (SSSR count). The Morgan fingerprint density at radius 2 is 1.00 bits per heavy atom. The van der Waals surface area contributed by atoms with Crippen molar-refractivity contribution in [3.05, 3.63) is 0 Å². The molecule has 0 fully saturated rings. The minimum Gasteiger partial charge on any atom is -1.00 e. The van der Waals surface area contributed by atoms with Gasteiger partial charge in [-0.2, -0.15) is 0 Å². The predicted octanol–water partition coefficient (Wildman–Crippen LogP) is -2.68. The summed E-state index contributed by atoms with van der Waals surface area (Å²) in [6, 6.07) is 0. The molecule has 0 bridgehead atoms. The Balaban J connectivity index is 0. The van der Waals surface area contributed by atoms with E-state index in [0.29, 0.717) is 0 Å². The van der Waals surface area contributed by atoms with Crippen molar-refractivity contribution < 1.29 is 5.71 Å². The van der Waals surface area contributed by atoms with Gasteiger partial charge in [0, 0.05) is 0 Å².